The van der Waals surface area contributed by atoms with E-state index in [0.29, 0.717) is 0 Å². The molecule has 0 rings (SSSR count). The summed E-state index contributed by atoms with van der Waals surface area (Å²) in [4.78, 5) is 1.49. The Morgan fingerprint density at radius 2 is 1.77 bits per heavy atom. The van der Waals surface area contributed by atoms with E-state index in [9.17, 15) is 13.2 Å². The summed E-state index contributed by atoms with van der Waals surface area (Å²) < 4.78 is 45.5. The van der Waals surface area contributed by atoms with Crippen LogP contribution in [0.3, 0.4) is 0 Å². The van der Waals surface area contributed by atoms with Crippen LogP contribution in [0.15, 0.2) is 0 Å². The van der Waals surface area contributed by atoms with E-state index in [2.05, 4.69) is 0 Å². The van der Waals surface area contributed by atoms with Crippen molar-refractivity contribution in [1.29, 1.82) is 0 Å². The Balaban J connectivity index is 4.20. The molecular weight excluding hydrogens is 286 g/mol. The molecule has 0 aromatic heterocycles. The molecule has 1 atom stereocenters. The topological polar surface area (TPSA) is 12.5 Å². The maximum atomic E-state index is 12.3. The van der Waals surface area contributed by atoms with Crippen LogP contribution in [0.25, 0.3) is 0 Å². The predicted molar refractivity (Wildman–Crippen MR) is 47.0 cm³/mol. The van der Waals surface area contributed by atoms with Crippen LogP contribution in [-0.2, 0) is 2.85 Å². The van der Waals surface area contributed by atoms with Crippen LogP contribution in [0.4, 0.5) is 13.2 Å². The van der Waals surface area contributed by atoms with Crippen molar-refractivity contribution < 1.29 is 16.0 Å². The van der Waals surface area contributed by atoms with Crippen molar-refractivity contribution in [2.75, 3.05) is 20.6 Å². The molecule has 0 aliphatic carbocycles. The van der Waals surface area contributed by atoms with Gasteiger partial charge >= 0.3 is 85.1 Å². The molecule has 13 heavy (non-hydrogen) atoms. The van der Waals surface area contributed by atoms with Crippen LogP contribution in [-0.4, -0.2) is 59.7 Å². The van der Waals surface area contributed by atoms with Gasteiger partial charge in [0.25, 0.3) is 0 Å². The first-order chi connectivity index (χ1) is 5.73. The Hall–Kier alpha value is 0.580. The third kappa shape index (κ3) is 6.62. The van der Waals surface area contributed by atoms with Crippen LogP contribution < -0.4 is 0 Å². The van der Waals surface area contributed by atoms with Crippen molar-refractivity contribution >= 4 is 21.9 Å². The van der Waals surface area contributed by atoms with Crippen molar-refractivity contribution in [1.82, 2.24) is 4.90 Å². The molecule has 0 fully saturated rings. The van der Waals surface area contributed by atoms with Gasteiger partial charge in [-0.2, -0.15) is 0 Å². The second-order valence-corrected chi connectivity index (χ2v) is 10.2. The molecule has 0 heterocycles. The average Bonchev–Trinajstić information content (AvgIpc) is 1.81. The van der Waals surface area contributed by atoms with Crippen LogP contribution in [0.5, 0.6) is 0 Å². The normalized spacial score (nSPS) is 14.8. The summed E-state index contributed by atoms with van der Waals surface area (Å²) in [5, 5.41) is 0. The SMILES string of the molecule is CN(C)CC([O][In]([CH3])[CH3])C(F)(F)F. The van der Waals surface area contributed by atoms with Gasteiger partial charge in [-0.05, 0) is 0 Å². The van der Waals surface area contributed by atoms with Crippen LogP contribution >= 0.6 is 0 Å². The molecule has 0 aliphatic rings. The average molecular weight is 301 g/mol. The summed E-state index contributed by atoms with van der Waals surface area (Å²) in [6, 6.07) is 0. The Morgan fingerprint density at radius 1 is 1.31 bits per heavy atom. The van der Waals surface area contributed by atoms with Gasteiger partial charge in [0.1, 0.15) is 0 Å². The third-order valence-corrected chi connectivity index (χ3v) is 3.82. The summed E-state index contributed by atoms with van der Waals surface area (Å²) in [5.41, 5.74) is 0. The second kappa shape index (κ2) is 5.46. The molecule has 6 heteroatoms. The van der Waals surface area contributed by atoms with Gasteiger partial charge in [0.2, 0.25) is 0 Å². The molecular formula is C7H15F3InNO. The number of alkyl halides is 3. The molecule has 78 valence electrons. The fourth-order valence-electron chi connectivity index (χ4n) is 0.884. The van der Waals surface area contributed by atoms with E-state index in [1.165, 1.54) is 4.90 Å². The molecule has 0 aromatic rings. The molecule has 0 saturated carbocycles. The second-order valence-electron chi connectivity index (χ2n) is 3.48. The molecule has 0 aliphatic heterocycles. The van der Waals surface area contributed by atoms with Gasteiger partial charge in [-0.3, -0.25) is 0 Å². The van der Waals surface area contributed by atoms with E-state index in [-0.39, 0.29) is 6.54 Å². The first-order valence-corrected chi connectivity index (χ1v) is 12.0. The Kier molecular flexibility index (Phi) is 5.70. The zero-order valence-electron chi connectivity index (χ0n) is 8.35. The summed E-state index contributed by atoms with van der Waals surface area (Å²) >= 11 is -2.26. The van der Waals surface area contributed by atoms with Crippen molar-refractivity contribution in [2.24, 2.45) is 0 Å². The first kappa shape index (κ1) is 13.6. The van der Waals surface area contributed by atoms with Crippen LogP contribution in [0.2, 0.25) is 9.36 Å². The standard InChI is InChI=1S/C5H9F3NO.2CH3.In/c1-9(2)3-4(10)5(6,7)8;;;/h4H,3H2,1-2H3;2*1H3;/q-1;;;+1. The third-order valence-electron chi connectivity index (χ3n) is 1.33. The number of likely N-dealkylation sites (N-methyl/N-ethyl adjacent to an activating group) is 1. The van der Waals surface area contributed by atoms with Crippen molar-refractivity contribution in [3.63, 3.8) is 0 Å². The van der Waals surface area contributed by atoms with E-state index in [1.54, 1.807) is 23.5 Å². The summed E-state index contributed by atoms with van der Waals surface area (Å²) in [7, 11) is 3.22. The summed E-state index contributed by atoms with van der Waals surface area (Å²) in [5.74, 6) is 0. The van der Waals surface area contributed by atoms with Crippen molar-refractivity contribution in [3.05, 3.63) is 0 Å². The molecule has 0 saturated heterocycles. The van der Waals surface area contributed by atoms with E-state index >= 15 is 0 Å². The van der Waals surface area contributed by atoms with Gasteiger partial charge in [0.15, 0.2) is 0 Å². The molecule has 0 N–H and O–H groups in total. The number of hydrogen-bond acceptors (Lipinski definition) is 2. The summed E-state index contributed by atoms with van der Waals surface area (Å²) in [6.45, 7) is -0.0847. The first-order valence-electron chi connectivity index (χ1n) is 4.10. The van der Waals surface area contributed by atoms with Gasteiger partial charge in [-0.1, -0.05) is 0 Å². The molecule has 1 unspecified atom stereocenters. The Labute approximate surface area is 85.2 Å². The molecule has 0 bridgehead atoms. The number of rotatable bonds is 4. The number of nitrogens with zero attached hydrogens (tertiary/aromatic N) is 1. The van der Waals surface area contributed by atoms with Gasteiger partial charge in [0, 0.05) is 0 Å². The molecule has 0 spiro atoms. The minimum absolute atomic E-state index is 0.0847. The monoisotopic (exact) mass is 301 g/mol. The van der Waals surface area contributed by atoms with Gasteiger partial charge in [-0.15, -0.1) is 0 Å². The predicted octanol–water partition coefficient (Wildman–Crippen LogP) is 1.75. The Bertz CT molecular complexity index is 139. The summed E-state index contributed by atoms with van der Waals surface area (Å²) in [6.07, 6.45) is -5.83. The maximum absolute atomic E-state index is 12.3. The zero-order valence-corrected chi connectivity index (χ0v) is 11.6. The van der Waals surface area contributed by atoms with Crippen LogP contribution in [0, 0.1) is 0 Å². The number of hydrogen-bond donors (Lipinski definition) is 0. The van der Waals surface area contributed by atoms with E-state index in [4.69, 9.17) is 2.85 Å². The quantitative estimate of drug-likeness (QED) is 0.784. The Morgan fingerprint density at radius 3 is 2.00 bits per heavy atom. The van der Waals surface area contributed by atoms with E-state index in [0.717, 1.165) is 0 Å². The van der Waals surface area contributed by atoms with Crippen molar-refractivity contribution in [2.45, 2.75) is 21.6 Å². The van der Waals surface area contributed by atoms with Gasteiger partial charge < -0.3 is 0 Å². The van der Waals surface area contributed by atoms with Gasteiger partial charge in [0.05, 0.1) is 0 Å². The fourth-order valence-corrected chi connectivity index (χ4v) is 3.45. The minimum atomic E-state index is -4.23. The van der Waals surface area contributed by atoms with Crippen LogP contribution in [0.1, 0.15) is 0 Å². The molecule has 0 amide bonds. The fraction of sp³-hybridized carbons (Fsp3) is 1.00. The van der Waals surface area contributed by atoms with Gasteiger partial charge in [-0.25, -0.2) is 0 Å². The molecule has 0 radical (unpaired) electrons. The number of halogens is 3. The van der Waals surface area contributed by atoms with E-state index < -0.39 is 34.2 Å². The molecule has 0 aromatic carbocycles. The zero-order chi connectivity index (χ0) is 10.6. The van der Waals surface area contributed by atoms with E-state index in [1.807, 2.05) is 0 Å². The molecule has 2 nitrogen and oxygen atoms in total. The van der Waals surface area contributed by atoms with Crippen molar-refractivity contribution in [3.8, 4) is 0 Å².